The number of likely N-dealkylation sites (tertiary alicyclic amines) is 1. The number of rotatable bonds is 9. The molecule has 0 amide bonds. The summed E-state index contributed by atoms with van der Waals surface area (Å²) in [5.41, 5.74) is 0. The van der Waals surface area contributed by atoms with Crippen LogP contribution in [0.3, 0.4) is 0 Å². The molecule has 1 N–H and O–H groups in total. The van der Waals surface area contributed by atoms with Gasteiger partial charge in [-0.1, -0.05) is 18.2 Å². The van der Waals surface area contributed by atoms with Crippen LogP contribution in [-0.2, 0) is 4.74 Å². The fourth-order valence-electron chi connectivity index (χ4n) is 3.15. The molecule has 2 rings (SSSR count). The summed E-state index contributed by atoms with van der Waals surface area (Å²) >= 11 is 0. The van der Waals surface area contributed by atoms with Crippen molar-refractivity contribution in [3.05, 3.63) is 30.3 Å². The van der Waals surface area contributed by atoms with Gasteiger partial charge in [-0.15, -0.1) is 24.0 Å². The second-order valence-corrected chi connectivity index (χ2v) is 6.34. The molecule has 1 heterocycles. The van der Waals surface area contributed by atoms with Gasteiger partial charge in [0.15, 0.2) is 5.96 Å². The fourth-order valence-corrected chi connectivity index (χ4v) is 3.15. The van der Waals surface area contributed by atoms with Gasteiger partial charge in [0.2, 0.25) is 0 Å². The van der Waals surface area contributed by atoms with E-state index in [1.165, 1.54) is 12.8 Å². The fraction of sp³-hybridized carbons (Fsp3) is 0.632. The average Bonchev–Trinajstić information content (AvgIpc) is 3.08. The molecule has 1 aliphatic heterocycles. The highest BCUT2D eigenvalue weighted by Crippen LogP contribution is 2.16. The maximum atomic E-state index is 5.76. The van der Waals surface area contributed by atoms with E-state index in [0.717, 1.165) is 44.5 Å². The van der Waals surface area contributed by atoms with Gasteiger partial charge in [0.1, 0.15) is 12.4 Å². The van der Waals surface area contributed by atoms with Crippen molar-refractivity contribution in [1.82, 2.24) is 15.1 Å². The van der Waals surface area contributed by atoms with Gasteiger partial charge in [-0.25, -0.2) is 0 Å². The minimum Gasteiger partial charge on any atom is -0.492 e. The molecule has 0 aromatic heterocycles. The second kappa shape index (κ2) is 13.2. The standard InChI is InChI=1S/C19H32N4O2.HI/c1-20-19(21-16-17-8-7-11-23(17)13-14-24-3)22(2)12-15-25-18-9-5-4-6-10-18;/h4-6,9-10,17H,7-8,11-16H2,1-3H3,(H,20,21);1H. The average molecular weight is 476 g/mol. The van der Waals surface area contributed by atoms with Crippen LogP contribution < -0.4 is 10.1 Å². The van der Waals surface area contributed by atoms with E-state index in [9.17, 15) is 0 Å². The van der Waals surface area contributed by atoms with Gasteiger partial charge < -0.3 is 19.7 Å². The van der Waals surface area contributed by atoms with E-state index < -0.39 is 0 Å². The highest BCUT2D eigenvalue weighted by Gasteiger charge is 2.24. The summed E-state index contributed by atoms with van der Waals surface area (Å²) in [5.74, 6) is 1.81. The molecule has 0 saturated carbocycles. The summed E-state index contributed by atoms with van der Waals surface area (Å²) in [4.78, 5) is 9.01. The van der Waals surface area contributed by atoms with Gasteiger partial charge in [-0.05, 0) is 31.5 Å². The van der Waals surface area contributed by atoms with Crippen molar-refractivity contribution in [3.63, 3.8) is 0 Å². The summed E-state index contributed by atoms with van der Waals surface area (Å²) in [5, 5.41) is 3.50. The van der Waals surface area contributed by atoms with Crippen LogP contribution in [0, 0.1) is 0 Å². The minimum absolute atomic E-state index is 0. The van der Waals surface area contributed by atoms with Crippen LogP contribution in [0.15, 0.2) is 35.3 Å². The Kier molecular flexibility index (Phi) is 11.6. The molecule has 1 unspecified atom stereocenters. The molecule has 0 bridgehead atoms. The van der Waals surface area contributed by atoms with Gasteiger partial charge in [0.25, 0.3) is 0 Å². The summed E-state index contributed by atoms with van der Waals surface area (Å²) < 4.78 is 11.0. The van der Waals surface area contributed by atoms with Crippen molar-refractivity contribution in [2.24, 2.45) is 4.99 Å². The third-order valence-electron chi connectivity index (χ3n) is 4.59. The third-order valence-corrected chi connectivity index (χ3v) is 4.59. The third kappa shape index (κ3) is 7.67. The molecule has 1 aromatic carbocycles. The largest absolute Gasteiger partial charge is 0.492 e. The summed E-state index contributed by atoms with van der Waals surface area (Å²) in [7, 11) is 5.63. The van der Waals surface area contributed by atoms with Crippen LogP contribution in [0.1, 0.15) is 12.8 Å². The van der Waals surface area contributed by atoms with E-state index in [4.69, 9.17) is 9.47 Å². The highest BCUT2D eigenvalue weighted by atomic mass is 127. The molecule has 1 saturated heterocycles. The Bertz CT molecular complexity index is 516. The number of nitrogens with zero attached hydrogens (tertiary/aromatic N) is 3. The zero-order valence-electron chi connectivity index (χ0n) is 16.2. The van der Waals surface area contributed by atoms with Crippen LogP contribution in [-0.4, -0.2) is 82.4 Å². The number of nitrogens with one attached hydrogen (secondary N) is 1. The molecule has 7 heteroatoms. The number of guanidine groups is 1. The Morgan fingerprint density at radius 2 is 2.08 bits per heavy atom. The van der Waals surface area contributed by atoms with Crippen LogP contribution in [0.5, 0.6) is 5.75 Å². The second-order valence-electron chi connectivity index (χ2n) is 6.34. The van der Waals surface area contributed by atoms with Gasteiger partial charge in [-0.3, -0.25) is 9.89 Å². The zero-order valence-corrected chi connectivity index (χ0v) is 18.5. The van der Waals surface area contributed by atoms with Crippen LogP contribution in [0.2, 0.25) is 0 Å². The smallest absolute Gasteiger partial charge is 0.193 e. The molecule has 1 aliphatic rings. The Labute approximate surface area is 175 Å². The summed E-state index contributed by atoms with van der Waals surface area (Å²) in [6.45, 7) is 5.29. The molecule has 26 heavy (non-hydrogen) atoms. The lowest BCUT2D eigenvalue weighted by molar-refractivity contribution is 0.141. The number of ether oxygens (including phenoxy) is 2. The van der Waals surface area contributed by atoms with E-state index >= 15 is 0 Å². The molecule has 0 spiro atoms. The van der Waals surface area contributed by atoms with E-state index in [0.29, 0.717) is 12.6 Å². The number of benzene rings is 1. The molecule has 1 atom stereocenters. The molecular weight excluding hydrogens is 443 g/mol. The first-order valence-corrected chi connectivity index (χ1v) is 9.07. The van der Waals surface area contributed by atoms with Gasteiger partial charge in [0, 0.05) is 40.3 Å². The SMILES string of the molecule is CN=C(NCC1CCCN1CCOC)N(C)CCOc1ccccc1.I. The molecule has 0 radical (unpaired) electrons. The maximum Gasteiger partial charge on any atom is 0.193 e. The van der Waals surface area contributed by atoms with Gasteiger partial charge in [0.05, 0.1) is 13.2 Å². The monoisotopic (exact) mass is 476 g/mol. The van der Waals surface area contributed by atoms with Crippen molar-refractivity contribution < 1.29 is 9.47 Å². The summed E-state index contributed by atoms with van der Waals surface area (Å²) in [6.07, 6.45) is 2.49. The molecule has 148 valence electrons. The van der Waals surface area contributed by atoms with Crippen LogP contribution >= 0.6 is 24.0 Å². The van der Waals surface area contributed by atoms with E-state index in [1.807, 2.05) is 44.4 Å². The number of aliphatic imine (C=N–C) groups is 1. The molecule has 1 aromatic rings. The van der Waals surface area contributed by atoms with Gasteiger partial charge >= 0.3 is 0 Å². The first-order valence-electron chi connectivity index (χ1n) is 9.07. The maximum absolute atomic E-state index is 5.76. The Morgan fingerprint density at radius 3 is 2.77 bits per heavy atom. The molecular formula is C19H33IN4O2. The number of halogens is 1. The van der Waals surface area contributed by atoms with Crippen molar-refractivity contribution in [2.75, 3.05) is 60.6 Å². The quantitative estimate of drug-likeness (QED) is 0.337. The normalized spacial score (nSPS) is 17.7. The number of hydrogen-bond acceptors (Lipinski definition) is 4. The Morgan fingerprint density at radius 1 is 1.31 bits per heavy atom. The lowest BCUT2D eigenvalue weighted by Crippen LogP contribution is -2.46. The van der Waals surface area contributed by atoms with E-state index in [1.54, 1.807) is 7.11 Å². The van der Waals surface area contributed by atoms with Gasteiger partial charge in [-0.2, -0.15) is 0 Å². The molecule has 0 aliphatic carbocycles. The number of hydrogen-bond donors (Lipinski definition) is 1. The lowest BCUT2D eigenvalue weighted by atomic mass is 10.2. The van der Waals surface area contributed by atoms with Crippen LogP contribution in [0.25, 0.3) is 0 Å². The zero-order chi connectivity index (χ0) is 17.9. The minimum atomic E-state index is 0. The highest BCUT2D eigenvalue weighted by molar-refractivity contribution is 14.0. The van der Waals surface area contributed by atoms with E-state index in [2.05, 4.69) is 20.1 Å². The number of likely N-dealkylation sites (N-methyl/N-ethyl adjacent to an activating group) is 1. The van der Waals surface area contributed by atoms with Crippen molar-refractivity contribution in [3.8, 4) is 5.75 Å². The number of para-hydroxylation sites is 1. The molecule has 6 nitrogen and oxygen atoms in total. The summed E-state index contributed by atoms with van der Waals surface area (Å²) in [6, 6.07) is 10.5. The predicted molar refractivity (Wildman–Crippen MR) is 118 cm³/mol. The molecule has 1 fully saturated rings. The van der Waals surface area contributed by atoms with Crippen LogP contribution in [0.4, 0.5) is 0 Å². The van der Waals surface area contributed by atoms with E-state index in [-0.39, 0.29) is 24.0 Å². The Hall–Kier alpha value is -1.06. The number of methoxy groups -OCH3 is 1. The lowest BCUT2D eigenvalue weighted by Gasteiger charge is -2.27. The first kappa shape index (κ1) is 23.0. The van der Waals surface area contributed by atoms with Crippen molar-refractivity contribution in [2.45, 2.75) is 18.9 Å². The first-order chi connectivity index (χ1) is 12.2. The topological polar surface area (TPSA) is 49.3 Å². The van der Waals surface area contributed by atoms with Crippen molar-refractivity contribution >= 4 is 29.9 Å². The predicted octanol–water partition coefficient (Wildman–Crippen LogP) is 2.30. The van der Waals surface area contributed by atoms with Crippen molar-refractivity contribution in [1.29, 1.82) is 0 Å². The Balaban J connectivity index is 0.00000338.